The van der Waals surface area contributed by atoms with Crippen LogP contribution in [0.2, 0.25) is 0 Å². The van der Waals surface area contributed by atoms with E-state index in [1.54, 1.807) is 0 Å². The summed E-state index contributed by atoms with van der Waals surface area (Å²) in [6.45, 7) is 5.55. The van der Waals surface area contributed by atoms with Gasteiger partial charge in [0.2, 0.25) is 5.91 Å². The Balaban J connectivity index is 1.60. The van der Waals surface area contributed by atoms with Crippen LogP contribution in [-0.4, -0.2) is 42.5 Å². The standard InChI is InChI=1S/C28H34N2O4/c1-3-33-23-16-18-14-15-30-26(22(18)17-24(23)34-4-2)25(20-12-8-9-13-21(20)28(30)32)27(31)29-19-10-6-5-7-11-19/h8-9,12-13,16-17,19,25-26H,3-7,10-11,14-15H2,1-2H3,(H,29,31)/t25-,26+/m1/s1. The number of hydrogen-bond donors (Lipinski definition) is 1. The molecular weight excluding hydrogens is 428 g/mol. The van der Waals surface area contributed by atoms with Crippen molar-refractivity contribution in [2.45, 2.75) is 70.4 Å². The van der Waals surface area contributed by atoms with Crippen molar-refractivity contribution in [3.63, 3.8) is 0 Å². The minimum absolute atomic E-state index is 0.000175. The molecule has 0 saturated heterocycles. The summed E-state index contributed by atoms with van der Waals surface area (Å²) >= 11 is 0. The molecule has 2 aromatic carbocycles. The van der Waals surface area contributed by atoms with Crippen LogP contribution < -0.4 is 14.8 Å². The lowest BCUT2D eigenvalue weighted by atomic mass is 9.75. The second-order valence-electron chi connectivity index (χ2n) is 9.47. The largest absolute Gasteiger partial charge is 0.490 e. The van der Waals surface area contributed by atoms with Gasteiger partial charge in [0.1, 0.15) is 0 Å². The van der Waals surface area contributed by atoms with Crippen molar-refractivity contribution in [3.05, 3.63) is 58.7 Å². The number of ether oxygens (including phenoxy) is 2. The van der Waals surface area contributed by atoms with E-state index in [4.69, 9.17) is 9.47 Å². The highest BCUT2D eigenvalue weighted by atomic mass is 16.5. The molecule has 5 rings (SSSR count). The normalized spacial score (nSPS) is 21.8. The van der Waals surface area contributed by atoms with E-state index in [0.717, 1.165) is 54.5 Å². The molecule has 1 saturated carbocycles. The van der Waals surface area contributed by atoms with Crippen LogP contribution in [0.5, 0.6) is 11.5 Å². The average molecular weight is 463 g/mol. The SMILES string of the molecule is CCOc1cc2c(cc1OCC)[C@H]1[C@H](C(=O)NC3CCCCC3)c3ccccc3C(=O)N1CC2. The van der Waals surface area contributed by atoms with Gasteiger partial charge in [0, 0.05) is 18.2 Å². The van der Waals surface area contributed by atoms with Crippen LogP contribution in [0.25, 0.3) is 0 Å². The molecule has 180 valence electrons. The molecule has 1 N–H and O–H groups in total. The maximum atomic E-state index is 13.9. The number of fused-ring (bicyclic) bond motifs is 4. The first-order valence-electron chi connectivity index (χ1n) is 12.7. The van der Waals surface area contributed by atoms with E-state index >= 15 is 0 Å². The highest BCUT2D eigenvalue weighted by molar-refractivity contribution is 6.01. The molecule has 34 heavy (non-hydrogen) atoms. The number of amides is 2. The van der Waals surface area contributed by atoms with Gasteiger partial charge in [0.15, 0.2) is 11.5 Å². The lowest BCUT2D eigenvalue weighted by molar-refractivity contribution is -0.125. The third-order valence-corrected chi connectivity index (χ3v) is 7.42. The summed E-state index contributed by atoms with van der Waals surface area (Å²) in [7, 11) is 0. The number of nitrogens with zero attached hydrogens (tertiary/aromatic N) is 1. The summed E-state index contributed by atoms with van der Waals surface area (Å²) in [4.78, 5) is 29.3. The number of carbonyl (C=O) groups excluding carboxylic acids is 2. The van der Waals surface area contributed by atoms with Crippen LogP contribution >= 0.6 is 0 Å². The maximum absolute atomic E-state index is 13.9. The summed E-state index contributed by atoms with van der Waals surface area (Å²) in [5, 5.41) is 3.35. The van der Waals surface area contributed by atoms with Crippen LogP contribution in [0.1, 0.15) is 85.0 Å². The van der Waals surface area contributed by atoms with Crippen LogP contribution in [0, 0.1) is 0 Å². The molecule has 1 aliphatic carbocycles. The first kappa shape index (κ1) is 22.8. The second-order valence-corrected chi connectivity index (χ2v) is 9.47. The van der Waals surface area contributed by atoms with Crippen molar-refractivity contribution >= 4 is 11.8 Å². The lowest BCUT2D eigenvalue weighted by Crippen LogP contribution is -2.51. The number of rotatable bonds is 6. The minimum Gasteiger partial charge on any atom is -0.490 e. The number of carbonyl (C=O) groups is 2. The summed E-state index contributed by atoms with van der Waals surface area (Å²) in [6.07, 6.45) is 6.32. The summed E-state index contributed by atoms with van der Waals surface area (Å²) in [6, 6.07) is 11.5. The van der Waals surface area contributed by atoms with Gasteiger partial charge in [-0.2, -0.15) is 0 Å². The molecular formula is C28H34N2O4. The summed E-state index contributed by atoms with van der Waals surface area (Å²) in [5.74, 6) is 0.952. The first-order valence-corrected chi connectivity index (χ1v) is 12.7. The summed E-state index contributed by atoms with van der Waals surface area (Å²) < 4.78 is 11.8. The van der Waals surface area contributed by atoms with E-state index in [0.29, 0.717) is 31.1 Å². The minimum atomic E-state index is -0.456. The first-order chi connectivity index (χ1) is 16.6. The van der Waals surface area contributed by atoms with Gasteiger partial charge in [-0.15, -0.1) is 0 Å². The van der Waals surface area contributed by atoms with Crippen molar-refractivity contribution in [3.8, 4) is 11.5 Å². The van der Waals surface area contributed by atoms with Gasteiger partial charge >= 0.3 is 0 Å². The van der Waals surface area contributed by atoms with Crippen LogP contribution in [0.3, 0.4) is 0 Å². The Kier molecular flexibility index (Phi) is 6.48. The Labute approximate surface area is 201 Å². The Bertz CT molecular complexity index is 1080. The van der Waals surface area contributed by atoms with Gasteiger partial charge in [-0.05, 0) is 68.0 Å². The molecule has 2 heterocycles. The van der Waals surface area contributed by atoms with Crippen LogP contribution in [0.15, 0.2) is 36.4 Å². The molecule has 2 atom stereocenters. The molecule has 1 fully saturated rings. The molecule has 2 aromatic rings. The van der Waals surface area contributed by atoms with Crippen molar-refractivity contribution < 1.29 is 19.1 Å². The molecule has 0 radical (unpaired) electrons. The number of nitrogens with one attached hydrogen (secondary N) is 1. The van der Waals surface area contributed by atoms with Crippen LogP contribution in [-0.2, 0) is 11.2 Å². The third-order valence-electron chi connectivity index (χ3n) is 7.42. The van der Waals surface area contributed by atoms with Crippen molar-refractivity contribution in [2.75, 3.05) is 19.8 Å². The van der Waals surface area contributed by atoms with E-state index in [1.165, 1.54) is 6.42 Å². The predicted octanol–water partition coefficient (Wildman–Crippen LogP) is 4.77. The lowest BCUT2D eigenvalue weighted by Gasteiger charge is -2.45. The molecule has 2 amide bonds. The van der Waals surface area contributed by atoms with Crippen molar-refractivity contribution in [1.29, 1.82) is 0 Å². The zero-order chi connectivity index (χ0) is 23.7. The fourth-order valence-electron chi connectivity index (χ4n) is 5.89. The topological polar surface area (TPSA) is 67.9 Å². The van der Waals surface area contributed by atoms with Gasteiger partial charge in [-0.3, -0.25) is 9.59 Å². The van der Waals surface area contributed by atoms with E-state index in [-0.39, 0.29) is 23.9 Å². The van der Waals surface area contributed by atoms with Crippen LogP contribution in [0.4, 0.5) is 0 Å². The summed E-state index contributed by atoms with van der Waals surface area (Å²) in [5.41, 5.74) is 3.57. The van der Waals surface area contributed by atoms with E-state index in [2.05, 4.69) is 5.32 Å². The molecule has 6 heteroatoms. The quantitative estimate of drug-likeness (QED) is 0.672. The van der Waals surface area contributed by atoms with Crippen molar-refractivity contribution in [2.24, 2.45) is 0 Å². The second kappa shape index (κ2) is 9.69. The number of hydrogen-bond acceptors (Lipinski definition) is 4. The highest BCUT2D eigenvalue weighted by Gasteiger charge is 2.47. The van der Waals surface area contributed by atoms with Gasteiger partial charge < -0.3 is 19.7 Å². The predicted molar refractivity (Wildman–Crippen MR) is 130 cm³/mol. The molecule has 3 aliphatic rings. The van der Waals surface area contributed by atoms with E-state index in [9.17, 15) is 9.59 Å². The Morgan fingerprint density at radius 1 is 1.00 bits per heavy atom. The van der Waals surface area contributed by atoms with Gasteiger partial charge in [0.05, 0.1) is 25.2 Å². The maximum Gasteiger partial charge on any atom is 0.254 e. The molecule has 0 spiro atoms. The highest BCUT2D eigenvalue weighted by Crippen LogP contribution is 2.48. The molecule has 2 aliphatic heterocycles. The van der Waals surface area contributed by atoms with Crippen molar-refractivity contribution in [1.82, 2.24) is 10.2 Å². The average Bonchev–Trinajstić information content (AvgIpc) is 2.85. The fraction of sp³-hybridized carbons (Fsp3) is 0.500. The molecule has 0 aromatic heterocycles. The zero-order valence-electron chi connectivity index (χ0n) is 20.1. The zero-order valence-corrected chi connectivity index (χ0v) is 20.1. The Hall–Kier alpha value is -3.02. The molecule has 0 unspecified atom stereocenters. The van der Waals surface area contributed by atoms with Gasteiger partial charge in [-0.1, -0.05) is 37.5 Å². The fourth-order valence-corrected chi connectivity index (χ4v) is 5.89. The number of benzene rings is 2. The third kappa shape index (κ3) is 4.04. The monoisotopic (exact) mass is 462 g/mol. The van der Waals surface area contributed by atoms with Gasteiger partial charge in [0.25, 0.3) is 5.91 Å². The Morgan fingerprint density at radius 2 is 1.71 bits per heavy atom. The van der Waals surface area contributed by atoms with E-state index in [1.807, 2.05) is 55.1 Å². The Morgan fingerprint density at radius 3 is 2.44 bits per heavy atom. The van der Waals surface area contributed by atoms with Gasteiger partial charge in [-0.25, -0.2) is 0 Å². The smallest absolute Gasteiger partial charge is 0.254 e. The molecule has 0 bridgehead atoms. The van der Waals surface area contributed by atoms with E-state index < -0.39 is 5.92 Å². The molecule has 6 nitrogen and oxygen atoms in total.